The number of aliphatic hydroxyl groups excluding tert-OH is 7. The third kappa shape index (κ3) is 21.6. The summed E-state index contributed by atoms with van der Waals surface area (Å²) in [5.74, 6) is -0.606. The molecule has 0 heterocycles. The van der Waals surface area contributed by atoms with E-state index >= 15 is 0 Å². The van der Waals surface area contributed by atoms with Crippen molar-refractivity contribution in [2.45, 2.75) is 204 Å². The van der Waals surface area contributed by atoms with Crippen molar-refractivity contribution in [3.63, 3.8) is 0 Å². The maximum Gasteiger partial charge on any atom is 0.472 e. The van der Waals surface area contributed by atoms with Crippen LogP contribution >= 0.6 is 7.82 Å². The lowest BCUT2D eigenvalue weighted by Gasteiger charge is -2.41. The van der Waals surface area contributed by atoms with Gasteiger partial charge in [-0.15, -0.1) is 0 Å². The maximum atomic E-state index is 12.9. The maximum absolute atomic E-state index is 12.9. The molecule has 14 heteroatoms. The Bertz CT molecular complexity index is 1000. The number of phosphoric ester groups is 1. The molecule has 1 fully saturated rings. The van der Waals surface area contributed by atoms with Gasteiger partial charge in [0.05, 0.1) is 31.3 Å². The number of aliphatic hydroxyl groups is 7. The highest BCUT2D eigenvalue weighted by Crippen LogP contribution is 2.47. The molecule has 0 aromatic rings. The zero-order chi connectivity index (χ0) is 38.8. The molecule has 0 radical (unpaired) electrons. The van der Waals surface area contributed by atoms with Crippen molar-refractivity contribution in [1.29, 1.82) is 0 Å². The summed E-state index contributed by atoms with van der Waals surface area (Å²) in [5.41, 5.74) is 0. The molecule has 52 heavy (non-hydrogen) atoms. The Morgan fingerprint density at radius 3 is 1.69 bits per heavy atom. The van der Waals surface area contributed by atoms with E-state index in [0.29, 0.717) is 12.8 Å². The van der Waals surface area contributed by atoms with Crippen LogP contribution in [0.2, 0.25) is 0 Å². The van der Waals surface area contributed by atoms with Crippen molar-refractivity contribution in [3.8, 4) is 0 Å². The summed E-state index contributed by atoms with van der Waals surface area (Å²) in [5, 5.41) is 74.0. The lowest BCUT2D eigenvalue weighted by molar-refractivity contribution is -0.220. The summed E-state index contributed by atoms with van der Waals surface area (Å²) in [6.45, 7) is 3.65. The molecule has 0 bridgehead atoms. The number of allylic oxidation sites excluding steroid dienone is 3. The third-order valence-corrected chi connectivity index (χ3v) is 10.5. The molecule has 8 atom stereocenters. The smallest absolute Gasteiger partial charge is 0.393 e. The molecule has 0 spiro atoms. The zero-order valence-electron chi connectivity index (χ0n) is 31.7. The van der Waals surface area contributed by atoms with Crippen molar-refractivity contribution in [3.05, 3.63) is 24.3 Å². The first-order chi connectivity index (χ1) is 24.8. The van der Waals surface area contributed by atoms with Gasteiger partial charge in [-0.1, -0.05) is 134 Å². The summed E-state index contributed by atoms with van der Waals surface area (Å²) < 4.78 is 22.7. The van der Waals surface area contributed by atoms with Gasteiger partial charge in [0.1, 0.15) is 36.6 Å². The fourth-order valence-electron chi connectivity index (χ4n) is 6.20. The van der Waals surface area contributed by atoms with Crippen molar-refractivity contribution in [1.82, 2.24) is 5.32 Å². The van der Waals surface area contributed by atoms with Gasteiger partial charge in [-0.25, -0.2) is 4.57 Å². The van der Waals surface area contributed by atoms with Gasteiger partial charge < -0.3 is 46.0 Å². The number of hydrogen-bond donors (Lipinski definition) is 9. The molecule has 13 nitrogen and oxygen atoms in total. The number of phosphoric acid groups is 1. The lowest BCUT2D eigenvalue weighted by atomic mass is 9.85. The Hall–Kier alpha value is -1.22. The van der Waals surface area contributed by atoms with E-state index in [-0.39, 0.29) is 6.42 Å². The fourth-order valence-corrected chi connectivity index (χ4v) is 7.16. The molecule has 0 saturated heterocycles. The van der Waals surface area contributed by atoms with Crippen LogP contribution in [0, 0.1) is 0 Å². The molecule has 1 rings (SSSR count). The van der Waals surface area contributed by atoms with Gasteiger partial charge in [-0.2, -0.15) is 0 Å². The molecule has 1 aliphatic rings. The Balaban J connectivity index is 2.69. The van der Waals surface area contributed by atoms with E-state index in [0.717, 1.165) is 44.9 Å². The highest BCUT2D eigenvalue weighted by atomic mass is 31.2. The number of carbonyl (C=O) groups excluding carboxylic acids is 1. The average Bonchev–Trinajstić information content (AvgIpc) is 3.11. The molecule has 1 aliphatic carbocycles. The summed E-state index contributed by atoms with van der Waals surface area (Å²) >= 11 is 0. The van der Waals surface area contributed by atoms with E-state index in [1.54, 1.807) is 6.08 Å². The second kappa shape index (κ2) is 29.1. The number of unbranched alkanes of at least 4 members (excludes halogenated alkanes) is 16. The molecule has 1 saturated carbocycles. The SMILES string of the molecule is CCCCCCCC/C=C/CC/C=C/C(O)C(COP(=O)(O)OC1C(O)C(O)C(O)C(O)C1O)NC(=O)CC(O)CCCCCCCCCCCC. The lowest BCUT2D eigenvalue weighted by Crippen LogP contribution is -2.64. The van der Waals surface area contributed by atoms with Crippen molar-refractivity contribution >= 4 is 13.7 Å². The monoisotopic (exact) mass is 765 g/mol. The first-order valence-corrected chi connectivity index (χ1v) is 21.4. The van der Waals surface area contributed by atoms with Crippen molar-refractivity contribution in [2.24, 2.45) is 0 Å². The number of hydrogen-bond acceptors (Lipinski definition) is 11. The van der Waals surface area contributed by atoms with E-state index in [1.807, 2.05) is 0 Å². The molecule has 0 aromatic carbocycles. The molecular formula is C38H72NO12P. The molecule has 0 aromatic heterocycles. The fraction of sp³-hybridized carbons (Fsp3) is 0.868. The van der Waals surface area contributed by atoms with Gasteiger partial charge >= 0.3 is 7.82 Å². The van der Waals surface area contributed by atoms with Crippen LogP contribution < -0.4 is 5.32 Å². The highest BCUT2D eigenvalue weighted by molar-refractivity contribution is 7.47. The highest BCUT2D eigenvalue weighted by Gasteiger charge is 2.51. The quantitative estimate of drug-likeness (QED) is 0.0262. The topological polar surface area (TPSA) is 226 Å². The average molecular weight is 766 g/mol. The summed E-state index contributed by atoms with van der Waals surface area (Å²) in [7, 11) is -5.13. The number of amides is 1. The molecule has 1 amide bonds. The number of rotatable bonds is 31. The number of nitrogens with one attached hydrogen (secondary N) is 1. The molecular weight excluding hydrogens is 693 g/mol. The van der Waals surface area contributed by atoms with Gasteiger partial charge in [0.2, 0.25) is 5.91 Å². The van der Waals surface area contributed by atoms with Crippen LogP contribution in [0.25, 0.3) is 0 Å². The van der Waals surface area contributed by atoms with Crippen molar-refractivity contribution in [2.75, 3.05) is 6.61 Å². The second-order valence-corrected chi connectivity index (χ2v) is 15.7. The van der Waals surface area contributed by atoms with Crippen LogP contribution in [-0.2, 0) is 18.4 Å². The van der Waals surface area contributed by atoms with Gasteiger partial charge in [-0.3, -0.25) is 13.8 Å². The van der Waals surface area contributed by atoms with Crippen LogP contribution in [0.15, 0.2) is 24.3 Å². The minimum Gasteiger partial charge on any atom is -0.393 e. The number of carbonyl (C=O) groups is 1. The molecule has 0 aliphatic heterocycles. The van der Waals surface area contributed by atoms with Gasteiger partial charge in [0, 0.05) is 0 Å². The van der Waals surface area contributed by atoms with Crippen LogP contribution in [-0.4, -0.2) is 108 Å². The molecule has 306 valence electrons. The van der Waals surface area contributed by atoms with E-state index in [4.69, 9.17) is 9.05 Å². The van der Waals surface area contributed by atoms with E-state index in [2.05, 4.69) is 31.3 Å². The summed E-state index contributed by atoms with van der Waals surface area (Å²) in [6, 6.07) is -1.25. The Labute approximate surface area is 312 Å². The van der Waals surface area contributed by atoms with Crippen molar-refractivity contribution < 1.29 is 59.0 Å². The summed E-state index contributed by atoms with van der Waals surface area (Å²) in [4.78, 5) is 23.2. The van der Waals surface area contributed by atoms with Crippen LogP contribution in [0.4, 0.5) is 0 Å². The third-order valence-electron chi connectivity index (χ3n) is 9.54. The van der Waals surface area contributed by atoms with E-state index in [1.165, 1.54) is 76.7 Å². The normalized spacial score (nSPS) is 25.3. The predicted molar refractivity (Wildman–Crippen MR) is 201 cm³/mol. The Morgan fingerprint density at radius 1 is 0.673 bits per heavy atom. The van der Waals surface area contributed by atoms with Gasteiger partial charge in [0.15, 0.2) is 0 Å². The van der Waals surface area contributed by atoms with Crippen LogP contribution in [0.3, 0.4) is 0 Å². The molecule has 9 N–H and O–H groups in total. The largest absolute Gasteiger partial charge is 0.472 e. The van der Waals surface area contributed by atoms with E-state index < -0.39 is 75.2 Å². The minimum atomic E-state index is -5.13. The second-order valence-electron chi connectivity index (χ2n) is 14.3. The van der Waals surface area contributed by atoms with Crippen LogP contribution in [0.5, 0.6) is 0 Å². The van der Waals surface area contributed by atoms with E-state index in [9.17, 15) is 50.0 Å². The standard InChI is InChI=1S/C38H72NO12P/c1-3-5-7-9-11-13-15-16-18-20-22-24-26-31(41)30(28-50-52(48,49)51-38-36(46)34(44)33(43)35(45)37(38)47)39-32(42)27-29(40)25-23-21-19-17-14-12-10-8-6-4-2/h16,18,24,26,29-31,33-38,40-41,43-47H,3-15,17,19-23,25,27-28H2,1-2H3,(H,39,42)(H,48,49)/b18-16+,26-24+. The predicted octanol–water partition coefficient (Wildman–Crippen LogP) is 4.86. The Kier molecular flexibility index (Phi) is 27.3. The van der Waals surface area contributed by atoms with Crippen LogP contribution in [0.1, 0.15) is 149 Å². The molecule has 8 unspecified atom stereocenters. The first-order valence-electron chi connectivity index (χ1n) is 19.9. The zero-order valence-corrected chi connectivity index (χ0v) is 32.6. The minimum absolute atomic E-state index is 0.250. The Morgan fingerprint density at radius 2 is 1.13 bits per heavy atom. The van der Waals surface area contributed by atoms with Gasteiger partial charge in [0.25, 0.3) is 0 Å². The van der Waals surface area contributed by atoms with Gasteiger partial charge in [-0.05, 0) is 32.1 Å². The first kappa shape index (κ1) is 48.8. The summed E-state index contributed by atoms with van der Waals surface area (Å²) in [6.07, 6.45) is 14.4.